The number of ether oxygens (including phenoxy) is 2. The molecule has 6 aliphatic heterocycles. The van der Waals surface area contributed by atoms with Crippen molar-refractivity contribution in [2.45, 2.75) is 76.5 Å². The van der Waals surface area contributed by atoms with Gasteiger partial charge >= 0.3 is 24.0 Å². The summed E-state index contributed by atoms with van der Waals surface area (Å²) < 4.78 is 69.6. The third kappa shape index (κ3) is 14.8. The van der Waals surface area contributed by atoms with Crippen LogP contribution < -0.4 is 20.4 Å². The first-order chi connectivity index (χ1) is 50.7. The van der Waals surface area contributed by atoms with Gasteiger partial charge in [0, 0.05) is 143 Å². The zero-order valence-electron chi connectivity index (χ0n) is 58.9. The topological polar surface area (TPSA) is 228 Å². The molecule has 3 aromatic heterocycles. The summed E-state index contributed by atoms with van der Waals surface area (Å²) in [4.78, 5) is 112. The molecule has 9 heterocycles. The third-order valence-electron chi connectivity index (χ3n) is 20.4. The van der Waals surface area contributed by atoms with Crippen molar-refractivity contribution in [2.75, 3.05) is 89.5 Å². The molecule has 0 saturated carbocycles. The first-order valence-electron chi connectivity index (χ1n) is 34.0. The number of urea groups is 2. The number of nitrogens with one attached hydrogen (secondary N) is 2. The highest BCUT2D eigenvalue weighted by Crippen LogP contribution is 2.41. The molecule has 4 fully saturated rings. The predicted molar refractivity (Wildman–Crippen MR) is 398 cm³/mol. The third-order valence-corrected chi connectivity index (χ3v) is 22.7. The van der Waals surface area contributed by atoms with Crippen LogP contribution in [0.5, 0.6) is 0 Å². The number of methoxy groups -OCH3 is 2. The number of amidine groups is 2. The zero-order valence-corrected chi connectivity index (χ0v) is 62.1. The average molecular weight is 1520 g/mol. The Morgan fingerprint density at radius 3 is 1.48 bits per heavy atom. The normalized spacial score (nSPS) is 19.2. The molecule has 21 nitrogen and oxygen atoms in total. The van der Waals surface area contributed by atoms with E-state index in [1.165, 1.54) is 103 Å². The van der Waals surface area contributed by atoms with E-state index in [0.29, 0.717) is 114 Å². The predicted octanol–water partition coefficient (Wildman–Crippen LogP) is 12.9. The van der Waals surface area contributed by atoms with E-state index in [2.05, 4.69) is 35.4 Å². The summed E-state index contributed by atoms with van der Waals surface area (Å²) in [5.41, 5.74) is 4.86. The van der Waals surface area contributed by atoms with Crippen LogP contribution in [0.2, 0.25) is 10.0 Å². The minimum Gasteiger partial charge on any atom is -0.466 e. The number of esters is 2. The number of pyridine rings is 1. The molecular formula is C77H73Cl2F4N13O8S2. The number of hydrogen-bond donors (Lipinski definition) is 2. The van der Waals surface area contributed by atoms with E-state index >= 15 is 8.78 Å². The van der Waals surface area contributed by atoms with Gasteiger partial charge in [0.2, 0.25) is 0 Å². The summed E-state index contributed by atoms with van der Waals surface area (Å²) >= 11 is 15.7. The van der Waals surface area contributed by atoms with Crippen LogP contribution in [0.4, 0.5) is 38.7 Å². The number of benzene rings is 5. The number of aromatic nitrogens is 3. The van der Waals surface area contributed by atoms with Gasteiger partial charge in [-0.15, -0.1) is 22.7 Å². The second-order valence-corrected chi connectivity index (χ2v) is 30.0. The van der Waals surface area contributed by atoms with Crippen LogP contribution in [0.25, 0.3) is 22.3 Å². The number of amides is 4. The number of carbonyl (C=O) groups excluding carboxylic acids is 6. The minimum absolute atomic E-state index is 0.0763. The van der Waals surface area contributed by atoms with Crippen molar-refractivity contribution in [3.8, 4) is 22.3 Å². The molecule has 14 rings (SSSR count). The molecule has 0 unspecified atom stereocenters. The van der Waals surface area contributed by atoms with Crippen molar-refractivity contribution in [1.29, 1.82) is 0 Å². The highest BCUT2D eigenvalue weighted by molar-refractivity contribution is 7.12. The molecule has 2 N–H and O–H groups in total. The highest BCUT2D eigenvalue weighted by Gasteiger charge is 2.46. The maximum Gasteiger partial charge on any atom is 0.338 e. The van der Waals surface area contributed by atoms with E-state index in [1.807, 2.05) is 60.5 Å². The number of fused-ring (bicyclic) bond motifs is 2. The van der Waals surface area contributed by atoms with Crippen molar-refractivity contribution >= 4 is 105 Å². The lowest BCUT2D eigenvalue weighted by Gasteiger charge is -2.38. The number of anilines is 2. The molecule has 4 amide bonds. The fraction of sp³-hybridized carbons (Fsp3) is 0.312. The van der Waals surface area contributed by atoms with Crippen LogP contribution in [0.3, 0.4) is 0 Å². The summed E-state index contributed by atoms with van der Waals surface area (Å²) in [6.45, 7) is 14.3. The minimum atomic E-state index is -0.921. The Bertz CT molecular complexity index is 4930. The maximum absolute atomic E-state index is 15.8. The summed E-state index contributed by atoms with van der Waals surface area (Å²) in [6, 6.07) is 25.7. The van der Waals surface area contributed by atoms with Gasteiger partial charge in [0.1, 0.15) is 52.7 Å². The molecule has 0 radical (unpaired) electrons. The number of aliphatic imine (C=N–C) groups is 2. The molecule has 4 atom stereocenters. The zero-order chi connectivity index (χ0) is 75.2. The van der Waals surface area contributed by atoms with Crippen molar-refractivity contribution < 1.29 is 55.8 Å². The number of thiazole rings is 2. The maximum atomic E-state index is 15.8. The van der Waals surface area contributed by atoms with Crippen LogP contribution in [-0.4, -0.2) is 174 Å². The van der Waals surface area contributed by atoms with Crippen LogP contribution in [0.15, 0.2) is 171 Å². The van der Waals surface area contributed by atoms with Gasteiger partial charge in [-0.3, -0.25) is 39.2 Å². The average Bonchev–Trinajstić information content (AvgIpc) is 1.38. The Labute approximate surface area is 626 Å². The van der Waals surface area contributed by atoms with Gasteiger partial charge in [-0.25, -0.2) is 51.7 Å². The van der Waals surface area contributed by atoms with Gasteiger partial charge in [0.05, 0.1) is 49.7 Å². The van der Waals surface area contributed by atoms with E-state index in [1.54, 1.807) is 66.7 Å². The molecule has 0 aliphatic carbocycles. The molecular weight excluding hydrogens is 1450 g/mol. The number of rotatable bonds is 18. The molecule has 8 aromatic rings. The van der Waals surface area contributed by atoms with Gasteiger partial charge in [-0.1, -0.05) is 77.8 Å². The number of ketones is 2. The molecule has 5 aromatic carbocycles. The number of hydrogen-bond acceptors (Lipinski definition) is 19. The first kappa shape index (κ1) is 74.3. The lowest BCUT2D eigenvalue weighted by Crippen LogP contribution is -2.53. The van der Waals surface area contributed by atoms with Crippen molar-refractivity contribution in [2.24, 2.45) is 9.98 Å². The second kappa shape index (κ2) is 30.4. The van der Waals surface area contributed by atoms with Crippen LogP contribution in [0.1, 0.15) is 85.9 Å². The highest BCUT2D eigenvalue weighted by atomic mass is 35.5. The van der Waals surface area contributed by atoms with Gasteiger partial charge in [-0.2, -0.15) is 0 Å². The lowest BCUT2D eigenvalue weighted by atomic mass is 9.80. The van der Waals surface area contributed by atoms with Gasteiger partial charge in [0.25, 0.3) is 0 Å². The van der Waals surface area contributed by atoms with Crippen molar-refractivity contribution in [3.63, 3.8) is 0 Å². The Morgan fingerprint density at radius 1 is 0.547 bits per heavy atom. The molecule has 0 bridgehead atoms. The van der Waals surface area contributed by atoms with E-state index in [9.17, 15) is 37.5 Å². The SMILES string of the molecule is COC(=O)C1=C(CN2CCN3C(=O)N(c4ccc(-c5ccc(C(C)(C)C(C)=O)cc5)cn4)C[C@@H]3C2)NC(c2nccs2)=N[C@H]1c1ccc(F)cc1Cl.COC(=O)C1=C(CN2CCN3C(=O)N(c4ccc(-c5ccc(C(C)(C)C(C)=O)cc5F)cc4F)C[C@@H]3C2)NC(c2nccs2)=N[C@H]1c1ccc(F)cc1Cl. The number of nitrogens with zero attached hydrogens (tertiary/aromatic N) is 11. The molecule has 6 aliphatic rings. The Kier molecular flexibility index (Phi) is 21.3. The van der Waals surface area contributed by atoms with E-state index in [0.717, 1.165) is 22.8 Å². The second-order valence-electron chi connectivity index (χ2n) is 27.4. The first-order valence-corrected chi connectivity index (χ1v) is 36.5. The summed E-state index contributed by atoms with van der Waals surface area (Å²) in [5.74, 6) is -2.07. The number of carbonyl (C=O) groups is 6. The largest absolute Gasteiger partial charge is 0.466 e. The van der Waals surface area contributed by atoms with E-state index in [-0.39, 0.29) is 81.2 Å². The van der Waals surface area contributed by atoms with Crippen molar-refractivity contribution in [3.05, 3.63) is 227 Å². The molecule has 548 valence electrons. The fourth-order valence-electron chi connectivity index (χ4n) is 13.8. The molecule has 0 spiro atoms. The molecule has 29 heteroatoms. The monoisotopic (exact) mass is 1520 g/mol. The lowest BCUT2D eigenvalue weighted by molar-refractivity contribution is -0.137. The van der Waals surface area contributed by atoms with E-state index in [4.69, 9.17) is 42.7 Å². The summed E-state index contributed by atoms with van der Waals surface area (Å²) in [6.07, 6.45) is 5.07. The van der Waals surface area contributed by atoms with Gasteiger partial charge < -0.3 is 29.9 Å². The quantitative estimate of drug-likeness (QED) is 0.0601. The Hall–Kier alpha value is -10.0. The fourth-order valence-corrected chi connectivity index (χ4v) is 15.6. The van der Waals surface area contributed by atoms with Crippen LogP contribution in [-0.2, 0) is 39.5 Å². The van der Waals surface area contributed by atoms with Crippen molar-refractivity contribution in [1.82, 2.24) is 45.2 Å². The molecule has 4 saturated heterocycles. The summed E-state index contributed by atoms with van der Waals surface area (Å²) in [5, 5.41) is 11.7. The number of halogens is 6. The standard InChI is InChI=1S/C39H36ClF3N6O4S.C38H37ClFN7O4S/c1-21(50)39(2,3)23-6-8-26(29(42)16-23)22-5-10-32(30(43)15-22)49-19-25-18-47(12-13-48(25)38(49)52)20-31-33(37(51)53-4)34(27-9-7-24(41)17-28(27)40)46-35(45-31)36-44-11-14-54-36;1-22(48)38(2,3)25-8-5-23(6-9-25)24-7-12-31(42-18-24)47-20-27-19-45(14-15-46(27)37(47)50)21-30-32(36(49)51-4)33(28-11-10-26(40)17-29(28)39)44-34(43-30)35-41-13-16-52-35/h5-11,14-17,25,34H,12-13,18-20H2,1-4H3,(H,45,46);5-13,16-18,27,33H,14-15,19-21H2,1-4H3,(H,43,44)/t25-,34-;27-,33-/m00/s1. The summed E-state index contributed by atoms with van der Waals surface area (Å²) in [7, 11) is 2.57. The van der Waals surface area contributed by atoms with Gasteiger partial charge in [0.15, 0.2) is 21.7 Å². The number of piperazine rings is 2. The Balaban J connectivity index is 0.000000188. The number of Topliss-reactive ketones (excluding diaryl/α,β-unsaturated/α-hetero) is 2. The smallest absolute Gasteiger partial charge is 0.338 e. The van der Waals surface area contributed by atoms with E-state index < -0.39 is 58.1 Å². The van der Waals surface area contributed by atoms with Crippen LogP contribution >= 0.6 is 45.9 Å². The Morgan fingerprint density at radius 2 is 1.03 bits per heavy atom. The van der Waals surface area contributed by atoms with Gasteiger partial charge in [-0.05, 0) is 118 Å². The molecule has 106 heavy (non-hydrogen) atoms. The van der Waals surface area contributed by atoms with Crippen LogP contribution in [0, 0.1) is 23.3 Å².